The Balaban J connectivity index is 2.48. The van der Waals surface area contributed by atoms with Crippen molar-refractivity contribution in [2.45, 2.75) is 72.6 Å². The molecule has 0 aliphatic heterocycles. The monoisotopic (exact) mass is 451 g/mol. The van der Waals surface area contributed by atoms with Crippen LogP contribution in [0, 0.1) is 0 Å². The van der Waals surface area contributed by atoms with Crippen LogP contribution in [0.3, 0.4) is 0 Å². The third kappa shape index (κ3) is 5.07. The summed E-state index contributed by atoms with van der Waals surface area (Å²) in [5, 5.41) is 3.35. The molecule has 0 spiro atoms. The number of hydrogen-bond acceptors (Lipinski definition) is 2. The molecule has 1 heterocycles. The van der Waals surface area contributed by atoms with Crippen molar-refractivity contribution in [3.05, 3.63) is 35.8 Å². The molecule has 0 saturated heterocycles. The van der Waals surface area contributed by atoms with Crippen molar-refractivity contribution in [2.24, 2.45) is 0 Å². The summed E-state index contributed by atoms with van der Waals surface area (Å²) in [6.45, 7) is 7.05. The standard InChI is InChI=1S/C9H6NS.3C4H9.Sn/c1-2-4-8(5-3-1)9-10-6-7-11-9;3*1-3-4-2;/h1-4,6-7H;3*1,3-4H2,2H3;. The van der Waals surface area contributed by atoms with Gasteiger partial charge in [0.2, 0.25) is 0 Å². The van der Waals surface area contributed by atoms with E-state index in [0.29, 0.717) is 0 Å². The van der Waals surface area contributed by atoms with Gasteiger partial charge in [-0.3, -0.25) is 0 Å². The van der Waals surface area contributed by atoms with Crippen molar-refractivity contribution in [3.8, 4) is 10.6 Å². The van der Waals surface area contributed by atoms with Gasteiger partial charge in [0.05, 0.1) is 0 Å². The first-order valence-electron chi connectivity index (χ1n) is 9.76. The molecule has 0 saturated carbocycles. The van der Waals surface area contributed by atoms with Crippen LogP contribution >= 0.6 is 11.3 Å². The van der Waals surface area contributed by atoms with Crippen molar-refractivity contribution in [3.63, 3.8) is 0 Å². The van der Waals surface area contributed by atoms with E-state index in [1.807, 2.05) is 6.20 Å². The van der Waals surface area contributed by atoms with Crippen LogP contribution in [-0.2, 0) is 0 Å². The molecule has 0 radical (unpaired) electrons. The normalized spacial score (nSPS) is 11.8. The topological polar surface area (TPSA) is 12.9 Å². The van der Waals surface area contributed by atoms with Crippen LogP contribution < -0.4 is 3.58 Å². The summed E-state index contributed by atoms with van der Waals surface area (Å²) < 4.78 is 6.33. The maximum absolute atomic E-state index is 4.65. The van der Waals surface area contributed by atoms with Gasteiger partial charge in [-0.1, -0.05) is 0 Å². The van der Waals surface area contributed by atoms with Gasteiger partial charge < -0.3 is 0 Å². The van der Waals surface area contributed by atoms with Crippen molar-refractivity contribution in [2.75, 3.05) is 0 Å². The summed E-state index contributed by atoms with van der Waals surface area (Å²) in [6, 6.07) is 9.30. The van der Waals surface area contributed by atoms with Crippen LogP contribution in [0.15, 0.2) is 35.8 Å². The Morgan fingerprint density at radius 1 is 0.875 bits per heavy atom. The zero-order chi connectivity index (χ0) is 17.3. The molecule has 0 bridgehead atoms. The third-order valence-electron chi connectivity index (χ3n) is 5.19. The third-order valence-corrected chi connectivity index (χ3v) is 21.7. The molecular weight excluding hydrogens is 417 g/mol. The van der Waals surface area contributed by atoms with Gasteiger partial charge in [0.1, 0.15) is 0 Å². The predicted octanol–water partition coefficient (Wildman–Crippen LogP) is 6.87. The summed E-state index contributed by atoms with van der Waals surface area (Å²) in [7, 11) is 0. The Kier molecular flexibility index (Phi) is 8.82. The number of unbranched alkanes of at least 4 members (excludes halogenated alkanes) is 3. The second-order valence-corrected chi connectivity index (χ2v) is 21.0. The molecule has 1 aromatic carbocycles. The van der Waals surface area contributed by atoms with Crippen molar-refractivity contribution >= 4 is 33.3 Å². The number of aromatic nitrogens is 1. The van der Waals surface area contributed by atoms with E-state index in [-0.39, 0.29) is 0 Å². The zero-order valence-electron chi connectivity index (χ0n) is 15.7. The van der Waals surface area contributed by atoms with E-state index in [9.17, 15) is 0 Å². The van der Waals surface area contributed by atoms with Gasteiger partial charge >= 0.3 is 157 Å². The number of benzene rings is 1. The van der Waals surface area contributed by atoms with Crippen molar-refractivity contribution in [1.82, 2.24) is 4.98 Å². The second-order valence-electron chi connectivity index (χ2n) is 6.97. The Labute approximate surface area is 156 Å². The SMILES string of the molecule is CCC[CH2][Sn]([CH2]CCC)([CH2]CCC)[c]1ccccc1-c1nccs1. The molecule has 1 aromatic heterocycles. The van der Waals surface area contributed by atoms with E-state index in [4.69, 9.17) is 0 Å². The Morgan fingerprint density at radius 2 is 1.46 bits per heavy atom. The van der Waals surface area contributed by atoms with Gasteiger partial charge in [0.25, 0.3) is 0 Å². The summed E-state index contributed by atoms with van der Waals surface area (Å²) in [5.41, 5.74) is 1.46. The van der Waals surface area contributed by atoms with Crippen LogP contribution in [0.2, 0.25) is 13.3 Å². The fraction of sp³-hybridized carbons (Fsp3) is 0.571. The number of rotatable bonds is 11. The summed E-state index contributed by atoms with van der Waals surface area (Å²) in [4.78, 5) is 4.65. The first-order valence-corrected chi connectivity index (χ1v) is 18.1. The first kappa shape index (κ1) is 20.0. The number of thiazole rings is 1. The summed E-state index contributed by atoms with van der Waals surface area (Å²) in [6.07, 6.45) is 10.2. The molecule has 3 heteroatoms. The molecule has 0 amide bonds. The van der Waals surface area contributed by atoms with E-state index in [1.54, 1.807) is 14.9 Å². The summed E-state index contributed by atoms with van der Waals surface area (Å²) >= 11 is -0.586. The molecule has 0 aliphatic carbocycles. The Bertz CT molecular complexity index is 558. The van der Waals surface area contributed by atoms with E-state index in [2.05, 4.69) is 55.4 Å². The van der Waals surface area contributed by atoms with E-state index >= 15 is 0 Å². The zero-order valence-corrected chi connectivity index (χ0v) is 19.4. The fourth-order valence-corrected chi connectivity index (χ4v) is 21.5. The van der Waals surface area contributed by atoms with Crippen molar-refractivity contribution in [1.29, 1.82) is 0 Å². The average molecular weight is 450 g/mol. The molecule has 0 aliphatic rings. The molecule has 24 heavy (non-hydrogen) atoms. The molecule has 0 N–H and O–H groups in total. The molecule has 0 fully saturated rings. The molecule has 2 aromatic rings. The van der Waals surface area contributed by atoms with Gasteiger partial charge in [0, 0.05) is 0 Å². The van der Waals surface area contributed by atoms with Gasteiger partial charge in [-0.05, 0) is 0 Å². The molecular formula is C21H33NSSn. The first-order chi connectivity index (χ1) is 11.8. The molecule has 1 nitrogen and oxygen atoms in total. The van der Waals surface area contributed by atoms with Gasteiger partial charge in [0.15, 0.2) is 0 Å². The van der Waals surface area contributed by atoms with Gasteiger partial charge in [-0.25, -0.2) is 0 Å². The minimum atomic E-state index is -2.39. The number of hydrogen-bond donors (Lipinski definition) is 0. The van der Waals surface area contributed by atoms with E-state index in [1.165, 1.54) is 62.4 Å². The van der Waals surface area contributed by atoms with Gasteiger partial charge in [-0.15, -0.1) is 0 Å². The molecule has 0 atom stereocenters. The van der Waals surface area contributed by atoms with E-state index in [0.717, 1.165) is 0 Å². The molecule has 2 rings (SSSR count). The molecule has 132 valence electrons. The van der Waals surface area contributed by atoms with Crippen LogP contribution in [0.25, 0.3) is 10.6 Å². The van der Waals surface area contributed by atoms with Crippen LogP contribution in [-0.4, -0.2) is 23.4 Å². The maximum atomic E-state index is 4.65. The quantitative estimate of drug-likeness (QED) is 0.341. The average Bonchev–Trinajstić information content (AvgIpc) is 3.16. The summed E-state index contributed by atoms with van der Waals surface area (Å²) in [5.74, 6) is 0. The fourth-order valence-electron chi connectivity index (χ4n) is 3.81. The van der Waals surface area contributed by atoms with Crippen LogP contribution in [0.5, 0.6) is 0 Å². The van der Waals surface area contributed by atoms with E-state index < -0.39 is 18.4 Å². The predicted molar refractivity (Wildman–Crippen MR) is 112 cm³/mol. The second kappa shape index (κ2) is 10.6. The Morgan fingerprint density at radius 3 is 1.96 bits per heavy atom. The van der Waals surface area contributed by atoms with Gasteiger partial charge in [-0.2, -0.15) is 0 Å². The van der Waals surface area contributed by atoms with Crippen LogP contribution in [0.1, 0.15) is 59.3 Å². The molecule has 0 unspecified atom stereocenters. The van der Waals surface area contributed by atoms with Crippen molar-refractivity contribution < 1.29 is 0 Å². The Hall–Kier alpha value is -0.351. The number of nitrogens with zero attached hydrogens (tertiary/aromatic N) is 1. The van der Waals surface area contributed by atoms with Crippen LogP contribution in [0.4, 0.5) is 0 Å². The minimum absolute atomic E-state index is 1.23.